The average Bonchev–Trinajstić information content (AvgIpc) is 3.10. The smallest absolute Gasteiger partial charge is 0.119 e. The average molecular weight is 422 g/mol. The number of ether oxygens (including phenoxy) is 1. The number of methoxy groups -OCH3 is 1. The second-order valence-corrected chi connectivity index (χ2v) is 11.6. The van der Waals surface area contributed by atoms with E-state index in [-0.39, 0.29) is 6.10 Å². The van der Waals surface area contributed by atoms with E-state index >= 15 is 0 Å². The molecule has 0 bridgehead atoms. The van der Waals surface area contributed by atoms with Crippen molar-refractivity contribution in [2.75, 3.05) is 18.7 Å². The number of hydrogen-bond donors (Lipinski definition) is 0. The van der Waals surface area contributed by atoms with Crippen molar-refractivity contribution in [1.29, 1.82) is 0 Å². The maximum Gasteiger partial charge on any atom is 0.119 e. The van der Waals surface area contributed by atoms with Gasteiger partial charge in [0.05, 0.1) is 19.3 Å². The highest BCUT2D eigenvalue weighted by Gasteiger charge is 2.61. The Morgan fingerprint density at radius 3 is 2.61 bits per heavy atom. The highest BCUT2D eigenvalue weighted by molar-refractivity contribution is 5.49. The summed E-state index contributed by atoms with van der Waals surface area (Å²) in [5.41, 5.74) is 3.72. The van der Waals surface area contributed by atoms with E-state index in [0.717, 1.165) is 41.7 Å². The van der Waals surface area contributed by atoms with Crippen molar-refractivity contribution < 1.29 is 9.57 Å². The second-order valence-electron chi connectivity index (χ2n) is 11.6. The van der Waals surface area contributed by atoms with Crippen molar-refractivity contribution in [3.05, 3.63) is 35.9 Å². The van der Waals surface area contributed by atoms with E-state index in [2.05, 4.69) is 37.1 Å². The van der Waals surface area contributed by atoms with E-state index in [1.54, 1.807) is 12.7 Å². The third-order valence-electron chi connectivity index (χ3n) is 10.5. The van der Waals surface area contributed by atoms with E-state index in [1.165, 1.54) is 57.8 Å². The van der Waals surface area contributed by atoms with Gasteiger partial charge in [0.2, 0.25) is 0 Å². The van der Waals surface area contributed by atoms with Crippen molar-refractivity contribution in [3.8, 4) is 5.75 Å². The van der Waals surface area contributed by atoms with Crippen LogP contribution in [0.2, 0.25) is 0 Å². The molecule has 4 saturated carbocycles. The van der Waals surface area contributed by atoms with Crippen LogP contribution in [0.25, 0.3) is 0 Å². The standard InChI is InChI=1S/C28H39NO2/c1-27-15-5-4-6-19(27)7-12-22-23(27)13-16-28(2)24-14-17-29(31-26(24)18-25(22)28)20-8-10-21(30-3)11-9-20/h8-11,14,19,22-23,25-26H,4-7,12-13,15-18H2,1-3H3/t19?,22-,23+,25+,26-,27+,28-/m1/s1. The van der Waals surface area contributed by atoms with Crippen LogP contribution < -0.4 is 9.80 Å². The number of hydroxylamine groups is 1. The molecule has 5 aliphatic rings. The normalized spacial score (nSPS) is 43.9. The third kappa shape index (κ3) is 2.95. The van der Waals surface area contributed by atoms with Gasteiger partial charge in [-0.05, 0) is 109 Å². The van der Waals surface area contributed by atoms with Crippen LogP contribution in [-0.2, 0) is 4.84 Å². The first-order valence-corrected chi connectivity index (χ1v) is 12.8. The van der Waals surface area contributed by atoms with E-state index in [9.17, 15) is 0 Å². The number of fused-ring (bicyclic) bond motifs is 7. The van der Waals surface area contributed by atoms with Crippen LogP contribution in [0.3, 0.4) is 0 Å². The number of hydrogen-bond acceptors (Lipinski definition) is 3. The van der Waals surface area contributed by atoms with Gasteiger partial charge in [0.1, 0.15) is 11.9 Å². The van der Waals surface area contributed by atoms with Crippen molar-refractivity contribution in [2.45, 2.75) is 77.7 Å². The Kier molecular flexibility index (Phi) is 4.72. The van der Waals surface area contributed by atoms with Crippen LogP contribution in [0, 0.1) is 34.5 Å². The molecule has 1 heterocycles. The first-order valence-electron chi connectivity index (χ1n) is 12.8. The minimum absolute atomic E-state index is 0.265. The van der Waals surface area contributed by atoms with E-state index in [4.69, 9.17) is 9.57 Å². The quantitative estimate of drug-likeness (QED) is 0.491. The summed E-state index contributed by atoms with van der Waals surface area (Å²) in [6.45, 7) is 6.12. The van der Waals surface area contributed by atoms with Gasteiger partial charge in [0, 0.05) is 0 Å². The maximum atomic E-state index is 6.66. The Balaban J connectivity index is 1.25. The molecule has 168 valence electrons. The van der Waals surface area contributed by atoms with Gasteiger partial charge in [-0.25, -0.2) is 5.06 Å². The summed E-state index contributed by atoms with van der Waals surface area (Å²) in [6, 6.07) is 8.29. The minimum Gasteiger partial charge on any atom is -0.497 e. The van der Waals surface area contributed by atoms with Crippen LogP contribution in [0.1, 0.15) is 71.6 Å². The molecule has 3 heteroatoms. The molecular formula is C28H39NO2. The van der Waals surface area contributed by atoms with Gasteiger partial charge in [0.15, 0.2) is 0 Å². The van der Waals surface area contributed by atoms with Crippen molar-refractivity contribution in [3.63, 3.8) is 0 Å². The van der Waals surface area contributed by atoms with Gasteiger partial charge >= 0.3 is 0 Å². The van der Waals surface area contributed by atoms with E-state index < -0.39 is 0 Å². The molecule has 0 spiro atoms. The Morgan fingerprint density at radius 1 is 0.968 bits per heavy atom. The van der Waals surface area contributed by atoms with Crippen molar-refractivity contribution in [2.24, 2.45) is 34.5 Å². The van der Waals surface area contributed by atoms with Crippen molar-refractivity contribution in [1.82, 2.24) is 0 Å². The molecule has 31 heavy (non-hydrogen) atoms. The summed E-state index contributed by atoms with van der Waals surface area (Å²) in [4.78, 5) is 6.66. The molecule has 4 fully saturated rings. The fourth-order valence-electron chi connectivity index (χ4n) is 8.89. The predicted octanol–water partition coefficient (Wildman–Crippen LogP) is 6.78. The Morgan fingerprint density at radius 2 is 1.81 bits per heavy atom. The van der Waals surface area contributed by atoms with Gasteiger partial charge in [-0.2, -0.15) is 0 Å². The molecule has 1 aliphatic heterocycles. The molecule has 0 aromatic heterocycles. The third-order valence-corrected chi connectivity index (χ3v) is 10.5. The topological polar surface area (TPSA) is 21.7 Å². The van der Waals surface area contributed by atoms with E-state index in [1.807, 2.05) is 12.1 Å². The van der Waals surface area contributed by atoms with Crippen LogP contribution in [0.4, 0.5) is 5.69 Å². The lowest BCUT2D eigenvalue weighted by atomic mass is 9.45. The molecule has 1 aromatic rings. The summed E-state index contributed by atoms with van der Waals surface area (Å²) in [5.74, 6) is 4.55. The molecule has 0 saturated heterocycles. The molecule has 6 rings (SSSR count). The summed E-state index contributed by atoms with van der Waals surface area (Å²) in [7, 11) is 1.72. The number of benzene rings is 1. The Labute approximate surface area is 188 Å². The van der Waals surface area contributed by atoms with Gasteiger partial charge in [0.25, 0.3) is 0 Å². The highest BCUT2D eigenvalue weighted by Crippen LogP contribution is 2.67. The molecule has 7 atom stereocenters. The zero-order valence-electron chi connectivity index (χ0n) is 19.6. The summed E-state index contributed by atoms with van der Waals surface area (Å²) < 4.78 is 5.33. The minimum atomic E-state index is 0.265. The maximum absolute atomic E-state index is 6.66. The van der Waals surface area contributed by atoms with Gasteiger partial charge in [-0.15, -0.1) is 0 Å². The largest absolute Gasteiger partial charge is 0.497 e. The molecular weight excluding hydrogens is 382 g/mol. The fraction of sp³-hybridized carbons (Fsp3) is 0.714. The summed E-state index contributed by atoms with van der Waals surface area (Å²) in [6.07, 6.45) is 15.7. The summed E-state index contributed by atoms with van der Waals surface area (Å²) >= 11 is 0. The molecule has 4 aliphatic carbocycles. The first-order chi connectivity index (χ1) is 15.0. The number of rotatable bonds is 2. The Bertz CT molecular complexity index is 862. The molecule has 0 radical (unpaired) electrons. The molecule has 0 N–H and O–H groups in total. The predicted molar refractivity (Wildman–Crippen MR) is 125 cm³/mol. The van der Waals surface area contributed by atoms with Gasteiger partial charge in [-0.3, -0.25) is 4.84 Å². The van der Waals surface area contributed by atoms with Crippen LogP contribution in [-0.4, -0.2) is 19.8 Å². The Hall–Kier alpha value is -1.48. The number of nitrogens with zero attached hydrogens (tertiary/aromatic N) is 1. The molecule has 3 nitrogen and oxygen atoms in total. The lowest BCUT2D eigenvalue weighted by Crippen LogP contribution is -2.52. The molecule has 0 amide bonds. The van der Waals surface area contributed by atoms with E-state index in [0.29, 0.717) is 10.8 Å². The summed E-state index contributed by atoms with van der Waals surface area (Å²) in [5, 5.41) is 2.10. The van der Waals surface area contributed by atoms with Crippen molar-refractivity contribution >= 4 is 5.69 Å². The van der Waals surface area contributed by atoms with Crippen LogP contribution in [0.15, 0.2) is 35.9 Å². The molecule has 1 unspecified atom stereocenters. The van der Waals surface area contributed by atoms with Gasteiger partial charge < -0.3 is 4.74 Å². The SMILES string of the molecule is COc1ccc(N2CC=C3[C@@H](C[C@H]4[C@@H]5CCC6CCCC[C@]6(C)[C@H]5CC[C@]34C)O2)cc1. The second kappa shape index (κ2) is 7.27. The fourth-order valence-corrected chi connectivity index (χ4v) is 8.89. The highest BCUT2D eigenvalue weighted by atomic mass is 16.7. The van der Waals surface area contributed by atoms with Crippen LogP contribution >= 0.6 is 0 Å². The lowest BCUT2D eigenvalue weighted by Gasteiger charge is -2.60. The monoisotopic (exact) mass is 421 g/mol. The zero-order chi connectivity index (χ0) is 21.2. The van der Waals surface area contributed by atoms with Crippen LogP contribution in [0.5, 0.6) is 5.75 Å². The lowest BCUT2D eigenvalue weighted by molar-refractivity contribution is -0.0981. The first kappa shape index (κ1) is 20.1. The molecule has 1 aromatic carbocycles. The van der Waals surface area contributed by atoms with Gasteiger partial charge in [-0.1, -0.05) is 32.8 Å². The zero-order valence-corrected chi connectivity index (χ0v) is 19.6. The number of anilines is 1.